The van der Waals surface area contributed by atoms with Crippen molar-refractivity contribution in [1.29, 1.82) is 0 Å². The summed E-state index contributed by atoms with van der Waals surface area (Å²) in [5.41, 5.74) is 0.180. The quantitative estimate of drug-likeness (QED) is 0.796. The maximum absolute atomic E-state index is 12.4. The number of benzene rings is 1. The minimum absolute atomic E-state index is 0.111. The molecular weight excluding hydrogens is 340 g/mol. The van der Waals surface area contributed by atoms with Crippen molar-refractivity contribution in [3.63, 3.8) is 0 Å². The summed E-state index contributed by atoms with van der Waals surface area (Å²) in [6.45, 7) is 2.56. The Hall–Kier alpha value is -1.45. The largest absolute Gasteiger partial charge is 0.273 e. The van der Waals surface area contributed by atoms with Crippen LogP contribution in [0.25, 0.3) is 0 Å². The Kier molecular flexibility index (Phi) is 3.97. The number of hydrogen-bond donors (Lipinski definition) is 0. The van der Waals surface area contributed by atoms with Crippen molar-refractivity contribution >= 4 is 31.6 Å². The smallest absolute Gasteiger partial charge is 0.244 e. The van der Waals surface area contributed by atoms with Crippen LogP contribution >= 0.6 is 0 Å². The molecule has 1 aromatic rings. The molecule has 0 radical (unpaired) electrons. The van der Waals surface area contributed by atoms with Crippen molar-refractivity contribution in [2.24, 2.45) is 5.92 Å². The van der Waals surface area contributed by atoms with Crippen molar-refractivity contribution in [2.45, 2.75) is 24.7 Å². The number of nitrogens with zero attached hydrogens (tertiary/aromatic N) is 2. The lowest BCUT2D eigenvalue weighted by molar-refractivity contribution is -0.119. The number of sulfonamides is 2. The molecule has 2 saturated heterocycles. The van der Waals surface area contributed by atoms with E-state index in [0.717, 1.165) is 17.1 Å². The summed E-state index contributed by atoms with van der Waals surface area (Å²) in [7, 11) is -7.23. The van der Waals surface area contributed by atoms with E-state index in [1.165, 1.54) is 28.6 Å². The molecule has 2 heterocycles. The maximum atomic E-state index is 12.4. The molecule has 2 fully saturated rings. The number of carbonyl (C=O) groups excluding carboxylic acids is 1. The molecule has 0 saturated carbocycles. The minimum Gasteiger partial charge on any atom is -0.273 e. The van der Waals surface area contributed by atoms with Gasteiger partial charge < -0.3 is 0 Å². The minimum atomic E-state index is -3.68. The number of amides is 1. The van der Waals surface area contributed by atoms with Crippen LogP contribution in [0.2, 0.25) is 0 Å². The molecule has 0 bridgehead atoms. The van der Waals surface area contributed by atoms with Crippen LogP contribution in [-0.4, -0.2) is 45.9 Å². The second kappa shape index (κ2) is 5.57. The first-order valence-corrected chi connectivity index (χ1v) is 10.5. The Labute approximate surface area is 136 Å². The molecule has 1 atom stereocenters. The lowest BCUT2D eigenvalue weighted by atomic mass is 10.2. The highest BCUT2D eigenvalue weighted by Gasteiger charge is 2.42. The monoisotopic (exact) mass is 358 g/mol. The van der Waals surface area contributed by atoms with Crippen molar-refractivity contribution in [2.75, 3.05) is 23.1 Å². The molecule has 3 rings (SSSR count). The highest BCUT2D eigenvalue weighted by Crippen LogP contribution is 2.30. The second-order valence-corrected chi connectivity index (χ2v) is 9.69. The zero-order valence-corrected chi connectivity index (χ0v) is 14.3. The van der Waals surface area contributed by atoms with E-state index < -0.39 is 31.9 Å². The summed E-state index contributed by atoms with van der Waals surface area (Å²) in [5.74, 6) is -1.30. The average molecular weight is 358 g/mol. The van der Waals surface area contributed by atoms with Gasteiger partial charge in [-0.1, -0.05) is 6.92 Å². The highest BCUT2D eigenvalue weighted by atomic mass is 32.2. The van der Waals surface area contributed by atoms with Crippen LogP contribution in [0.5, 0.6) is 0 Å². The maximum Gasteiger partial charge on any atom is 0.244 e. The first-order valence-electron chi connectivity index (χ1n) is 7.40. The number of hydrogen-bond acceptors (Lipinski definition) is 5. The van der Waals surface area contributed by atoms with E-state index in [9.17, 15) is 21.6 Å². The van der Waals surface area contributed by atoms with Crippen LogP contribution in [0.3, 0.4) is 0 Å². The van der Waals surface area contributed by atoms with Crippen LogP contribution in [0, 0.1) is 5.92 Å². The topological polar surface area (TPSA) is 91.8 Å². The van der Waals surface area contributed by atoms with Gasteiger partial charge in [0.1, 0.15) is 0 Å². The molecule has 0 aromatic heterocycles. The fraction of sp³-hybridized carbons (Fsp3) is 0.500. The van der Waals surface area contributed by atoms with Gasteiger partial charge in [0, 0.05) is 13.1 Å². The first-order chi connectivity index (χ1) is 10.7. The summed E-state index contributed by atoms with van der Waals surface area (Å²) in [6, 6.07) is 5.45. The van der Waals surface area contributed by atoms with Gasteiger partial charge >= 0.3 is 0 Å². The molecule has 126 valence electrons. The fourth-order valence-electron chi connectivity index (χ4n) is 2.92. The SMILES string of the molecule is C[C@H]1CS(=O)(=O)N(c2ccc(S(=O)(=O)N3CCCC3)cc2)C1=O. The fourth-order valence-corrected chi connectivity index (χ4v) is 6.26. The van der Waals surface area contributed by atoms with Crippen LogP contribution < -0.4 is 4.31 Å². The Morgan fingerprint density at radius 1 is 1.09 bits per heavy atom. The third-order valence-electron chi connectivity index (χ3n) is 4.13. The van der Waals surface area contributed by atoms with Gasteiger partial charge in [0.05, 0.1) is 22.3 Å². The highest BCUT2D eigenvalue weighted by molar-refractivity contribution is 7.94. The standard InChI is InChI=1S/C14H18N2O5S2/c1-11-10-22(18,19)16(14(11)17)12-4-6-13(7-5-12)23(20,21)15-8-2-3-9-15/h4-7,11H,2-3,8-10H2,1H3/t11-/m0/s1. The number of carbonyl (C=O) groups is 1. The normalized spacial score (nSPS) is 25.2. The lowest BCUT2D eigenvalue weighted by Gasteiger charge is -2.18. The Morgan fingerprint density at radius 3 is 2.13 bits per heavy atom. The van der Waals surface area contributed by atoms with E-state index in [0.29, 0.717) is 13.1 Å². The predicted octanol–water partition coefficient (Wildman–Crippen LogP) is 0.784. The molecule has 0 N–H and O–H groups in total. The number of anilines is 1. The van der Waals surface area contributed by atoms with E-state index in [1.807, 2.05) is 0 Å². The summed E-state index contributed by atoms with van der Waals surface area (Å²) >= 11 is 0. The molecule has 1 aromatic carbocycles. The van der Waals surface area contributed by atoms with Crippen molar-refractivity contribution in [3.8, 4) is 0 Å². The molecule has 2 aliphatic heterocycles. The van der Waals surface area contributed by atoms with E-state index in [-0.39, 0.29) is 16.3 Å². The first kappa shape index (κ1) is 16.4. The second-order valence-electron chi connectivity index (χ2n) is 5.89. The predicted molar refractivity (Wildman–Crippen MR) is 84.9 cm³/mol. The summed E-state index contributed by atoms with van der Waals surface area (Å²) in [5, 5.41) is 0. The zero-order chi connectivity index (χ0) is 16.8. The molecule has 9 heteroatoms. The Bertz CT molecular complexity index is 824. The lowest BCUT2D eigenvalue weighted by Crippen LogP contribution is -2.30. The molecule has 0 unspecified atom stereocenters. The van der Waals surface area contributed by atoms with Gasteiger partial charge in [0.15, 0.2) is 0 Å². The molecule has 1 amide bonds. The molecule has 0 aliphatic carbocycles. The average Bonchev–Trinajstić information content (AvgIpc) is 3.07. The summed E-state index contributed by atoms with van der Waals surface area (Å²) in [6.07, 6.45) is 1.69. The third-order valence-corrected chi connectivity index (χ3v) is 7.92. The van der Waals surface area contributed by atoms with Crippen LogP contribution in [0.4, 0.5) is 5.69 Å². The third kappa shape index (κ3) is 2.77. The van der Waals surface area contributed by atoms with Gasteiger partial charge in [-0.25, -0.2) is 21.1 Å². The van der Waals surface area contributed by atoms with E-state index >= 15 is 0 Å². The molecule has 2 aliphatic rings. The molecule has 23 heavy (non-hydrogen) atoms. The van der Waals surface area contributed by atoms with Gasteiger partial charge in [-0.3, -0.25) is 4.79 Å². The number of rotatable bonds is 3. The zero-order valence-electron chi connectivity index (χ0n) is 12.7. The van der Waals surface area contributed by atoms with Crippen LogP contribution in [0.1, 0.15) is 19.8 Å². The Balaban J connectivity index is 1.92. The van der Waals surface area contributed by atoms with Gasteiger partial charge in [-0.15, -0.1) is 0 Å². The summed E-state index contributed by atoms with van der Waals surface area (Å²) < 4.78 is 51.2. The van der Waals surface area contributed by atoms with Gasteiger partial charge in [0.2, 0.25) is 26.0 Å². The van der Waals surface area contributed by atoms with Crippen molar-refractivity contribution in [3.05, 3.63) is 24.3 Å². The Morgan fingerprint density at radius 2 is 1.65 bits per heavy atom. The molecule has 0 spiro atoms. The van der Waals surface area contributed by atoms with Crippen LogP contribution in [-0.2, 0) is 24.8 Å². The van der Waals surface area contributed by atoms with E-state index in [2.05, 4.69) is 0 Å². The molecule has 7 nitrogen and oxygen atoms in total. The van der Waals surface area contributed by atoms with Gasteiger partial charge in [-0.2, -0.15) is 4.31 Å². The van der Waals surface area contributed by atoms with E-state index in [1.54, 1.807) is 6.92 Å². The van der Waals surface area contributed by atoms with Gasteiger partial charge in [0.25, 0.3) is 0 Å². The van der Waals surface area contributed by atoms with Gasteiger partial charge in [-0.05, 0) is 37.1 Å². The van der Waals surface area contributed by atoms with Crippen molar-refractivity contribution < 1.29 is 21.6 Å². The summed E-state index contributed by atoms with van der Waals surface area (Å²) in [4.78, 5) is 12.1. The van der Waals surface area contributed by atoms with Crippen molar-refractivity contribution in [1.82, 2.24) is 4.31 Å². The van der Waals surface area contributed by atoms with E-state index in [4.69, 9.17) is 0 Å². The van der Waals surface area contributed by atoms with Crippen LogP contribution in [0.15, 0.2) is 29.2 Å². The molecular formula is C14H18N2O5S2.